The average molecular weight is 252 g/mol. The molecule has 0 amide bonds. The van der Waals surface area contributed by atoms with Crippen LogP contribution in [0.4, 0.5) is 13.2 Å². The maximum absolute atomic E-state index is 10.4. The van der Waals surface area contributed by atoms with Crippen LogP contribution in [0.1, 0.15) is 0 Å². The second kappa shape index (κ2) is 7.27. The number of hydrogen-bond donors (Lipinski definition) is 0. The van der Waals surface area contributed by atoms with Crippen molar-refractivity contribution in [3.05, 3.63) is 60.7 Å². The molecule has 0 fully saturated rings. The van der Waals surface area contributed by atoms with Crippen LogP contribution in [0.2, 0.25) is 0 Å². The fourth-order valence-electron chi connectivity index (χ4n) is 1.26. The SMILES string of the molecule is O=C(F)C(F)F.c1ccc(-c2ccccc2)cc1. The molecular weight excluding hydrogens is 241 g/mol. The van der Waals surface area contributed by atoms with Gasteiger partial charge in [-0.25, -0.2) is 0 Å². The van der Waals surface area contributed by atoms with Crippen LogP contribution in [0.25, 0.3) is 11.1 Å². The summed E-state index contributed by atoms with van der Waals surface area (Å²) >= 11 is 0. The minimum absolute atomic E-state index is 1.28. The maximum atomic E-state index is 10.4. The molecule has 0 radical (unpaired) electrons. The maximum Gasteiger partial charge on any atom is 0.367 e. The van der Waals surface area contributed by atoms with E-state index in [2.05, 4.69) is 48.5 Å². The van der Waals surface area contributed by atoms with Gasteiger partial charge < -0.3 is 0 Å². The van der Waals surface area contributed by atoms with Crippen LogP contribution in [0.15, 0.2) is 60.7 Å². The van der Waals surface area contributed by atoms with Crippen molar-refractivity contribution in [3.63, 3.8) is 0 Å². The van der Waals surface area contributed by atoms with Gasteiger partial charge in [-0.2, -0.15) is 13.2 Å². The summed E-state index contributed by atoms with van der Waals surface area (Å²) in [5.41, 5.74) is 2.55. The van der Waals surface area contributed by atoms with Gasteiger partial charge in [0.1, 0.15) is 0 Å². The van der Waals surface area contributed by atoms with Gasteiger partial charge in [-0.3, -0.25) is 4.79 Å². The lowest BCUT2D eigenvalue weighted by molar-refractivity contribution is -0.140. The van der Waals surface area contributed by atoms with E-state index in [4.69, 9.17) is 4.79 Å². The lowest BCUT2D eigenvalue weighted by atomic mass is 10.1. The molecule has 2 rings (SSSR count). The van der Waals surface area contributed by atoms with Crippen molar-refractivity contribution in [2.45, 2.75) is 6.43 Å². The molecule has 2 aromatic rings. The quantitative estimate of drug-likeness (QED) is 0.735. The third kappa shape index (κ3) is 4.82. The van der Waals surface area contributed by atoms with E-state index in [9.17, 15) is 13.2 Å². The smallest absolute Gasteiger partial charge is 0.254 e. The average Bonchev–Trinajstić information content (AvgIpc) is 2.41. The van der Waals surface area contributed by atoms with Crippen molar-refractivity contribution < 1.29 is 18.0 Å². The topological polar surface area (TPSA) is 17.1 Å². The molecule has 1 nitrogen and oxygen atoms in total. The molecule has 0 saturated heterocycles. The lowest BCUT2D eigenvalue weighted by Gasteiger charge is -1.98. The summed E-state index contributed by atoms with van der Waals surface area (Å²) in [6, 6.07) is 18.2. The Kier molecular flexibility index (Phi) is 5.64. The van der Waals surface area contributed by atoms with E-state index in [1.54, 1.807) is 0 Å². The second-order valence-electron chi connectivity index (χ2n) is 3.34. The molecule has 0 unspecified atom stereocenters. The number of carbonyl (C=O) groups is 1. The highest BCUT2D eigenvalue weighted by Gasteiger charge is 2.11. The first-order chi connectivity index (χ1) is 8.61. The molecule has 0 saturated carbocycles. The van der Waals surface area contributed by atoms with E-state index in [1.165, 1.54) is 11.1 Å². The van der Waals surface area contributed by atoms with Crippen LogP contribution < -0.4 is 0 Å². The highest BCUT2D eigenvalue weighted by atomic mass is 19.3. The predicted molar refractivity (Wildman–Crippen MR) is 64.0 cm³/mol. The Balaban J connectivity index is 0.000000232. The molecule has 2 aromatic carbocycles. The number of benzene rings is 2. The van der Waals surface area contributed by atoms with Gasteiger partial charge >= 0.3 is 12.5 Å². The van der Waals surface area contributed by atoms with E-state index in [1.807, 2.05) is 12.1 Å². The molecule has 0 aliphatic carbocycles. The van der Waals surface area contributed by atoms with Crippen LogP contribution in [0.3, 0.4) is 0 Å². The summed E-state index contributed by atoms with van der Waals surface area (Å²) in [4.78, 5) is 8.73. The molecule has 0 bridgehead atoms. The van der Waals surface area contributed by atoms with Gasteiger partial charge in [-0.1, -0.05) is 60.7 Å². The van der Waals surface area contributed by atoms with Crippen LogP contribution in [-0.2, 0) is 4.79 Å². The van der Waals surface area contributed by atoms with Gasteiger partial charge in [0.2, 0.25) is 0 Å². The zero-order valence-electron chi connectivity index (χ0n) is 9.39. The van der Waals surface area contributed by atoms with Crippen molar-refractivity contribution in [2.24, 2.45) is 0 Å². The van der Waals surface area contributed by atoms with Crippen molar-refractivity contribution >= 4 is 6.04 Å². The van der Waals surface area contributed by atoms with Gasteiger partial charge in [-0.05, 0) is 11.1 Å². The molecule has 18 heavy (non-hydrogen) atoms. The third-order valence-electron chi connectivity index (χ3n) is 2.05. The number of alkyl halides is 2. The Morgan fingerprint density at radius 3 is 1.28 bits per heavy atom. The van der Waals surface area contributed by atoms with Crippen LogP contribution in [0, 0.1) is 0 Å². The molecule has 0 heterocycles. The van der Waals surface area contributed by atoms with Crippen LogP contribution in [-0.4, -0.2) is 12.5 Å². The lowest BCUT2D eigenvalue weighted by Crippen LogP contribution is -2.00. The summed E-state index contributed by atoms with van der Waals surface area (Å²) in [6.45, 7) is 0. The van der Waals surface area contributed by atoms with Gasteiger partial charge in [0.25, 0.3) is 0 Å². The van der Waals surface area contributed by atoms with Crippen LogP contribution in [0.5, 0.6) is 0 Å². The summed E-state index contributed by atoms with van der Waals surface area (Å²) in [5.74, 6) is 0. The minimum Gasteiger partial charge on any atom is -0.254 e. The van der Waals surface area contributed by atoms with Gasteiger partial charge in [0, 0.05) is 0 Å². The summed E-state index contributed by atoms with van der Waals surface area (Å²) in [6.07, 6.45) is -3.45. The fourth-order valence-corrected chi connectivity index (χ4v) is 1.26. The molecule has 0 atom stereocenters. The van der Waals surface area contributed by atoms with Crippen molar-refractivity contribution in [1.29, 1.82) is 0 Å². The van der Waals surface area contributed by atoms with Gasteiger partial charge in [0.15, 0.2) is 0 Å². The van der Waals surface area contributed by atoms with E-state index in [0.29, 0.717) is 0 Å². The number of halogens is 3. The Labute approximate surface area is 103 Å². The Bertz CT molecular complexity index is 431. The first-order valence-electron chi connectivity index (χ1n) is 5.19. The Hall–Kier alpha value is -2.10. The molecule has 94 valence electrons. The second-order valence-corrected chi connectivity index (χ2v) is 3.34. The first kappa shape index (κ1) is 14.0. The van der Waals surface area contributed by atoms with Gasteiger partial charge in [-0.15, -0.1) is 0 Å². The van der Waals surface area contributed by atoms with Gasteiger partial charge in [0.05, 0.1) is 0 Å². The molecule has 0 spiro atoms. The van der Waals surface area contributed by atoms with Crippen molar-refractivity contribution in [2.75, 3.05) is 0 Å². The van der Waals surface area contributed by atoms with Crippen molar-refractivity contribution in [3.8, 4) is 11.1 Å². The Morgan fingerprint density at radius 2 is 1.06 bits per heavy atom. The molecule has 0 aliphatic rings. The van der Waals surface area contributed by atoms with Crippen LogP contribution >= 0.6 is 0 Å². The normalized spacial score (nSPS) is 9.56. The Morgan fingerprint density at radius 1 is 0.778 bits per heavy atom. The summed E-state index contributed by atoms with van der Waals surface area (Å²) < 4.78 is 31.3. The number of carbonyl (C=O) groups excluding carboxylic acids is 1. The molecule has 4 heteroatoms. The largest absolute Gasteiger partial charge is 0.367 e. The number of hydrogen-bond acceptors (Lipinski definition) is 1. The molecule has 0 N–H and O–H groups in total. The standard InChI is InChI=1S/C12H10.C2HF3O/c1-3-7-11(8-4-1)12-9-5-2-6-10-12;3-1(4)2(5)6/h1-10H;1H. The minimum atomic E-state index is -3.45. The fraction of sp³-hybridized carbons (Fsp3) is 0.0714. The third-order valence-corrected chi connectivity index (χ3v) is 2.05. The molecule has 0 aromatic heterocycles. The first-order valence-corrected chi connectivity index (χ1v) is 5.19. The highest BCUT2D eigenvalue weighted by molar-refractivity contribution is 5.71. The predicted octanol–water partition coefficient (Wildman–Crippen LogP) is 4.10. The van der Waals surface area contributed by atoms with E-state index in [0.717, 1.165) is 0 Å². The summed E-state index contributed by atoms with van der Waals surface area (Å²) in [7, 11) is 0. The van der Waals surface area contributed by atoms with Crippen molar-refractivity contribution in [1.82, 2.24) is 0 Å². The van der Waals surface area contributed by atoms with E-state index in [-0.39, 0.29) is 0 Å². The van der Waals surface area contributed by atoms with E-state index < -0.39 is 12.5 Å². The van der Waals surface area contributed by atoms with E-state index >= 15 is 0 Å². The molecular formula is C14H11F3O. The monoisotopic (exact) mass is 252 g/mol. The zero-order chi connectivity index (χ0) is 13.4. The molecule has 0 aliphatic heterocycles. The summed E-state index contributed by atoms with van der Waals surface area (Å²) in [5, 5.41) is 0. The number of rotatable bonds is 2. The highest BCUT2D eigenvalue weighted by Crippen LogP contribution is 2.17. The zero-order valence-corrected chi connectivity index (χ0v) is 9.39.